The second kappa shape index (κ2) is 7.00. The van der Waals surface area contributed by atoms with Crippen molar-refractivity contribution in [3.63, 3.8) is 0 Å². The molecule has 1 saturated carbocycles. The van der Waals surface area contributed by atoms with Crippen molar-refractivity contribution in [1.82, 2.24) is 9.55 Å². The van der Waals surface area contributed by atoms with Crippen LogP contribution in [0.3, 0.4) is 0 Å². The monoisotopic (exact) mass is 436 g/mol. The van der Waals surface area contributed by atoms with Crippen LogP contribution in [0.1, 0.15) is 18.4 Å². The van der Waals surface area contributed by atoms with Gasteiger partial charge in [-0.1, -0.05) is 0 Å². The van der Waals surface area contributed by atoms with Gasteiger partial charge < -0.3 is 9.30 Å². The molecular weight excluding hydrogens is 421 g/mol. The van der Waals surface area contributed by atoms with E-state index in [-0.39, 0.29) is 10.5 Å². The van der Waals surface area contributed by atoms with Gasteiger partial charge in [-0.3, -0.25) is 4.98 Å². The van der Waals surface area contributed by atoms with Gasteiger partial charge in [-0.15, -0.1) is 13.2 Å². The van der Waals surface area contributed by atoms with E-state index >= 15 is 0 Å². The first-order valence-electron chi connectivity index (χ1n) is 8.88. The van der Waals surface area contributed by atoms with Crippen molar-refractivity contribution in [2.75, 3.05) is 0 Å². The van der Waals surface area contributed by atoms with Gasteiger partial charge in [0.05, 0.1) is 22.5 Å². The normalized spacial score (nSPS) is 14.6. The molecule has 7 nitrogen and oxygen atoms in total. The number of sulfonamides is 1. The summed E-state index contributed by atoms with van der Waals surface area (Å²) in [6, 6.07) is 8.59. The number of alkyl halides is 3. The first kappa shape index (κ1) is 20.2. The molecule has 1 aliphatic carbocycles. The number of fused-ring (bicyclic) bond motifs is 1. The highest BCUT2D eigenvalue weighted by Gasteiger charge is 2.32. The molecule has 1 fully saturated rings. The van der Waals surface area contributed by atoms with Gasteiger partial charge in [-0.25, -0.2) is 13.6 Å². The summed E-state index contributed by atoms with van der Waals surface area (Å²) in [5.74, 6) is -0.0557. The first-order chi connectivity index (χ1) is 14.1. The maximum atomic E-state index is 12.7. The molecule has 2 aromatic heterocycles. The number of nitrogens with zero attached hydrogens (tertiary/aromatic N) is 3. The molecular formula is C19H15F3N4O3S. The standard InChI is InChI=1S/C19H15F3N4O3S/c20-19(21,22)29-12-3-5-14-15(8-23)18(26(17(14)7-12)10-11-1-2-11)16-6-4-13(9-25-16)30(24,27)28/h3-7,9,11H,1-2,10H2,(H2,24,27,28). The van der Waals surface area contributed by atoms with Crippen LogP contribution in [0.15, 0.2) is 41.4 Å². The largest absolute Gasteiger partial charge is 0.573 e. The van der Waals surface area contributed by atoms with E-state index in [1.165, 1.54) is 24.3 Å². The van der Waals surface area contributed by atoms with Gasteiger partial charge in [0.1, 0.15) is 16.7 Å². The van der Waals surface area contributed by atoms with Crippen molar-refractivity contribution in [2.24, 2.45) is 11.1 Å². The summed E-state index contributed by atoms with van der Waals surface area (Å²) in [5.41, 5.74) is 1.37. The summed E-state index contributed by atoms with van der Waals surface area (Å²) in [7, 11) is -3.94. The van der Waals surface area contributed by atoms with Crippen molar-refractivity contribution in [2.45, 2.75) is 30.6 Å². The molecule has 0 atom stereocenters. The van der Waals surface area contributed by atoms with E-state index in [0.29, 0.717) is 34.8 Å². The fourth-order valence-corrected chi connectivity index (χ4v) is 3.80. The summed E-state index contributed by atoms with van der Waals surface area (Å²) >= 11 is 0. The lowest BCUT2D eigenvalue weighted by Crippen LogP contribution is -2.17. The van der Waals surface area contributed by atoms with Crippen LogP contribution in [0.4, 0.5) is 13.2 Å². The van der Waals surface area contributed by atoms with E-state index in [2.05, 4.69) is 15.8 Å². The Bertz CT molecular complexity index is 1270. The molecule has 3 aromatic rings. The number of aromatic nitrogens is 2. The number of primary sulfonamides is 1. The quantitative estimate of drug-likeness (QED) is 0.658. The highest BCUT2D eigenvalue weighted by molar-refractivity contribution is 7.89. The smallest absolute Gasteiger partial charge is 0.406 e. The topological polar surface area (TPSA) is 111 Å². The fourth-order valence-electron chi connectivity index (χ4n) is 3.34. The van der Waals surface area contributed by atoms with Gasteiger partial charge in [-0.2, -0.15) is 5.26 Å². The van der Waals surface area contributed by atoms with Gasteiger partial charge in [0.2, 0.25) is 10.0 Å². The molecule has 1 aromatic carbocycles. The molecule has 30 heavy (non-hydrogen) atoms. The minimum atomic E-state index is -4.84. The van der Waals surface area contributed by atoms with Crippen molar-refractivity contribution in [1.29, 1.82) is 5.26 Å². The Morgan fingerprint density at radius 3 is 2.53 bits per heavy atom. The summed E-state index contributed by atoms with van der Waals surface area (Å²) < 4.78 is 66.7. The minimum Gasteiger partial charge on any atom is -0.406 e. The molecule has 2 N–H and O–H groups in total. The Morgan fingerprint density at radius 2 is 2.00 bits per heavy atom. The SMILES string of the molecule is N#Cc1c(-c2ccc(S(N)(=O)=O)cn2)n(CC2CC2)c2cc(OC(F)(F)F)ccc12. The maximum absolute atomic E-state index is 12.7. The zero-order valence-electron chi connectivity index (χ0n) is 15.3. The van der Waals surface area contributed by atoms with Crippen molar-refractivity contribution >= 4 is 20.9 Å². The van der Waals surface area contributed by atoms with Crippen molar-refractivity contribution in [3.05, 3.63) is 42.1 Å². The number of ether oxygens (including phenoxy) is 1. The van der Waals surface area contributed by atoms with Crippen LogP contribution in [0.5, 0.6) is 5.75 Å². The summed E-state index contributed by atoms with van der Waals surface area (Å²) in [6.07, 6.45) is -1.81. The molecule has 0 unspecified atom stereocenters. The average Bonchev–Trinajstić information content (AvgIpc) is 3.42. The third-order valence-corrected chi connectivity index (χ3v) is 5.73. The molecule has 2 heterocycles. The van der Waals surface area contributed by atoms with E-state index in [1.54, 1.807) is 4.57 Å². The predicted octanol–water partition coefficient (Wildman–Crippen LogP) is 3.53. The van der Waals surface area contributed by atoms with E-state index in [1.807, 2.05) is 0 Å². The minimum absolute atomic E-state index is 0.185. The molecule has 0 aliphatic heterocycles. The van der Waals surface area contributed by atoms with Crippen LogP contribution >= 0.6 is 0 Å². The molecule has 0 spiro atoms. The zero-order chi connectivity index (χ0) is 21.7. The Hall–Kier alpha value is -3.10. The van der Waals surface area contributed by atoms with Crippen LogP contribution in [-0.2, 0) is 16.6 Å². The number of hydrogen-bond donors (Lipinski definition) is 1. The predicted molar refractivity (Wildman–Crippen MR) is 101 cm³/mol. The van der Waals surface area contributed by atoms with Gasteiger partial charge >= 0.3 is 6.36 Å². The van der Waals surface area contributed by atoms with Gasteiger partial charge in [-0.05, 0) is 43.0 Å². The van der Waals surface area contributed by atoms with Gasteiger partial charge in [0.25, 0.3) is 0 Å². The lowest BCUT2D eigenvalue weighted by atomic mass is 10.1. The Labute approximate surface area is 169 Å². The number of pyridine rings is 1. The van der Waals surface area contributed by atoms with Crippen LogP contribution in [0, 0.1) is 17.2 Å². The number of nitriles is 1. The van der Waals surface area contributed by atoms with E-state index in [9.17, 15) is 26.9 Å². The number of hydrogen-bond acceptors (Lipinski definition) is 5. The Balaban J connectivity index is 1.92. The fraction of sp³-hybridized carbons (Fsp3) is 0.263. The van der Waals surface area contributed by atoms with E-state index < -0.39 is 22.1 Å². The Morgan fingerprint density at radius 1 is 1.27 bits per heavy atom. The molecule has 11 heteroatoms. The molecule has 0 amide bonds. The number of nitrogens with two attached hydrogens (primary N) is 1. The number of rotatable bonds is 5. The number of halogens is 3. The van der Waals surface area contributed by atoms with E-state index in [0.717, 1.165) is 25.1 Å². The third-order valence-electron chi connectivity index (χ3n) is 4.83. The highest BCUT2D eigenvalue weighted by Crippen LogP contribution is 2.39. The van der Waals surface area contributed by atoms with E-state index in [4.69, 9.17) is 5.14 Å². The second-order valence-electron chi connectivity index (χ2n) is 7.04. The summed E-state index contributed by atoms with van der Waals surface area (Å²) in [6.45, 7) is 0.488. The third kappa shape index (κ3) is 3.96. The number of benzene rings is 1. The summed E-state index contributed by atoms with van der Waals surface area (Å²) in [4.78, 5) is 3.96. The van der Waals surface area contributed by atoms with Crippen LogP contribution in [0.2, 0.25) is 0 Å². The Kier molecular flexibility index (Phi) is 4.71. The lowest BCUT2D eigenvalue weighted by molar-refractivity contribution is -0.274. The maximum Gasteiger partial charge on any atom is 0.573 e. The van der Waals surface area contributed by atoms with Crippen molar-refractivity contribution < 1.29 is 26.3 Å². The zero-order valence-corrected chi connectivity index (χ0v) is 16.2. The first-order valence-corrected chi connectivity index (χ1v) is 10.4. The molecule has 4 rings (SSSR count). The highest BCUT2D eigenvalue weighted by atomic mass is 32.2. The van der Waals surface area contributed by atoms with Crippen LogP contribution < -0.4 is 9.88 Å². The van der Waals surface area contributed by atoms with Gasteiger partial charge in [0, 0.05) is 24.2 Å². The van der Waals surface area contributed by atoms with Crippen LogP contribution in [0.25, 0.3) is 22.3 Å². The van der Waals surface area contributed by atoms with Gasteiger partial charge in [0.15, 0.2) is 0 Å². The average molecular weight is 436 g/mol. The molecule has 0 bridgehead atoms. The lowest BCUT2D eigenvalue weighted by Gasteiger charge is -2.12. The van der Waals surface area contributed by atoms with Crippen LogP contribution in [-0.4, -0.2) is 24.3 Å². The molecule has 0 saturated heterocycles. The molecule has 0 radical (unpaired) electrons. The van der Waals surface area contributed by atoms with Crippen molar-refractivity contribution in [3.8, 4) is 23.2 Å². The molecule has 1 aliphatic rings. The summed E-state index contributed by atoms with van der Waals surface area (Å²) in [5, 5.41) is 15.3. The second-order valence-corrected chi connectivity index (χ2v) is 8.60. The molecule has 156 valence electrons.